The lowest BCUT2D eigenvalue weighted by atomic mass is 10.4. The molecule has 0 atom stereocenters. The molecule has 94 valence electrons. The third-order valence-electron chi connectivity index (χ3n) is 2.33. The molecule has 0 bridgehead atoms. The predicted molar refractivity (Wildman–Crippen MR) is 74.5 cm³/mol. The van der Waals surface area contributed by atoms with Crippen molar-refractivity contribution in [2.75, 3.05) is 12.3 Å². The van der Waals surface area contributed by atoms with Crippen LogP contribution < -0.4 is 5.43 Å². The highest BCUT2D eigenvalue weighted by Crippen LogP contribution is 2.25. The first kappa shape index (κ1) is 12.1. The molecule has 5 nitrogen and oxygen atoms in total. The van der Waals surface area contributed by atoms with E-state index in [0.717, 1.165) is 28.7 Å². The zero-order valence-corrected chi connectivity index (χ0v) is 11.8. The number of nitrogens with zero attached hydrogens (tertiary/aromatic N) is 3. The lowest BCUT2D eigenvalue weighted by Crippen LogP contribution is -2.35. The average molecular weight is 298 g/mol. The molecule has 0 aromatic carbocycles. The van der Waals surface area contributed by atoms with Gasteiger partial charge in [0.25, 0.3) is 5.91 Å². The summed E-state index contributed by atoms with van der Waals surface area (Å²) >= 11 is 4.61. The molecule has 1 fully saturated rings. The van der Waals surface area contributed by atoms with Crippen LogP contribution in [0.5, 0.6) is 0 Å². The van der Waals surface area contributed by atoms with Crippen LogP contribution in [0.2, 0.25) is 0 Å². The molecule has 1 N–H and O–H groups in total. The van der Waals surface area contributed by atoms with Crippen LogP contribution in [0.4, 0.5) is 0 Å². The summed E-state index contributed by atoms with van der Waals surface area (Å²) in [4.78, 5) is 20.4. The Balaban J connectivity index is 1.70. The van der Waals surface area contributed by atoms with Gasteiger partial charge in [-0.15, -0.1) is 22.7 Å². The number of hydrogen-bond donors (Lipinski definition) is 1. The maximum Gasteiger partial charge on any atom is 0.285 e. The molecular formula is C10H10N4OS3. The van der Waals surface area contributed by atoms with Gasteiger partial charge in [-0.2, -0.15) is 4.41 Å². The van der Waals surface area contributed by atoms with E-state index in [2.05, 4.69) is 15.4 Å². The van der Waals surface area contributed by atoms with Crippen LogP contribution in [0.3, 0.4) is 0 Å². The van der Waals surface area contributed by atoms with E-state index in [0.29, 0.717) is 5.69 Å². The van der Waals surface area contributed by atoms with Gasteiger partial charge in [0.2, 0.25) is 0 Å². The Hall–Kier alpha value is -0.960. The van der Waals surface area contributed by atoms with Gasteiger partial charge in [-0.1, -0.05) is 11.9 Å². The molecule has 1 amide bonds. The van der Waals surface area contributed by atoms with Gasteiger partial charge >= 0.3 is 0 Å². The zero-order valence-electron chi connectivity index (χ0n) is 9.33. The van der Waals surface area contributed by atoms with Gasteiger partial charge in [0, 0.05) is 29.3 Å². The summed E-state index contributed by atoms with van der Waals surface area (Å²) < 4.78 is 1.87. The van der Waals surface area contributed by atoms with Crippen LogP contribution in [0.1, 0.15) is 16.9 Å². The first-order valence-electron chi connectivity index (χ1n) is 5.40. The van der Waals surface area contributed by atoms with Crippen LogP contribution >= 0.6 is 34.6 Å². The molecule has 18 heavy (non-hydrogen) atoms. The van der Waals surface area contributed by atoms with Crippen molar-refractivity contribution in [3.63, 3.8) is 0 Å². The maximum atomic E-state index is 11.9. The maximum absolute atomic E-state index is 11.9. The lowest BCUT2D eigenvalue weighted by Gasteiger charge is -2.13. The van der Waals surface area contributed by atoms with Gasteiger partial charge in [-0.25, -0.2) is 9.97 Å². The highest BCUT2D eigenvalue weighted by atomic mass is 32.2. The Kier molecular flexibility index (Phi) is 3.59. The third-order valence-corrected chi connectivity index (χ3v) is 5.15. The van der Waals surface area contributed by atoms with Gasteiger partial charge in [-0.05, 0) is 6.42 Å². The first-order chi connectivity index (χ1) is 8.83. The van der Waals surface area contributed by atoms with Crippen LogP contribution in [-0.4, -0.2) is 32.6 Å². The summed E-state index contributed by atoms with van der Waals surface area (Å²) in [5.41, 5.74) is 3.29. The summed E-state index contributed by atoms with van der Waals surface area (Å²) in [5, 5.41) is 5.32. The Morgan fingerprint density at radius 2 is 2.33 bits per heavy atom. The minimum Gasteiger partial charge on any atom is -0.274 e. The second-order valence-corrected chi connectivity index (χ2v) is 6.46. The fourth-order valence-corrected chi connectivity index (χ4v) is 3.89. The molecule has 1 saturated heterocycles. The van der Waals surface area contributed by atoms with Crippen LogP contribution in [0, 0.1) is 0 Å². The molecular weight excluding hydrogens is 288 g/mol. The summed E-state index contributed by atoms with van der Waals surface area (Å²) in [6.07, 6.45) is 2.84. The largest absolute Gasteiger partial charge is 0.285 e. The minimum absolute atomic E-state index is 0.150. The fraction of sp³-hybridized carbons (Fsp3) is 0.300. The highest BCUT2D eigenvalue weighted by Gasteiger charge is 2.18. The number of aromatic nitrogens is 2. The number of hydrazine groups is 1. The summed E-state index contributed by atoms with van der Waals surface area (Å²) in [7, 11) is 0. The zero-order chi connectivity index (χ0) is 12.4. The number of thiazole rings is 2. The molecule has 0 spiro atoms. The van der Waals surface area contributed by atoms with Crippen molar-refractivity contribution in [3.05, 3.63) is 22.7 Å². The normalized spacial score (nSPS) is 16.0. The van der Waals surface area contributed by atoms with Gasteiger partial charge in [0.1, 0.15) is 5.69 Å². The van der Waals surface area contributed by atoms with Crippen molar-refractivity contribution in [1.29, 1.82) is 0 Å². The summed E-state index contributed by atoms with van der Waals surface area (Å²) in [5.74, 6) is 0.908. The first-order valence-corrected chi connectivity index (χ1v) is 8.10. The van der Waals surface area contributed by atoms with Crippen molar-refractivity contribution in [2.45, 2.75) is 6.42 Å². The van der Waals surface area contributed by atoms with E-state index in [1.807, 2.05) is 9.79 Å². The van der Waals surface area contributed by atoms with Crippen LogP contribution in [0.25, 0.3) is 10.0 Å². The number of hydrogen-bond acceptors (Lipinski definition) is 7. The average Bonchev–Trinajstić information content (AvgIpc) is 3.11. The number of carbonyl (C=O) groups is 1. The molecule has 0 aliphatic carbocycles. The lowest BCUT2D eigenvalue weighted by molar-refractivity contribution is 0.0887. The molecule has 3 heterocycles. The Bertz CT molecular complexity index is 533. The van der Waals surface area contributed by atoms with E-state index >= 15 is 0 Å². The SMILES string of the molecule is O=C(NN1CCCS1)c1csc(-c2nccs2)n1. The van der Waals surface area contributed by atoms with Crippen molar-refractivity contribution >= 4 is 40.5 Å². The number of amides is 1. The molecule has 0 unspecified atom stereocenters. The van der Waals surface area contributed by atoms with E-state index < -0.39 is 0 Å². The van der Waals surface area contributed by atoms with Crippen molar-refractivity contribution in [2.24, 2.45) is 0 Å². The molecule has 2 aromatic heterocycles. The third kappa shape index (κ3) is 2.56. The molecule has 3 rings (SSSR count). The number of carbonyl (C=O) groups excluding carboxylic acids is 1. The van der Waals surface area contributed by atoms with E-state index in [1.165, 1.54) is 22.7 Å². The number of nitrogens with one attached hydrogen (secondary N) is 1. The second-order valence-electron chi connectivity index (χ2n) is 3.60. The smallest absolute Gasteiger partial charge is 0.274 e. The Labute approximate surface area is 116 Å². The number of rotatable bonds is 3. The highest BCUT2D eigenvalue weighted by molar-refractivity contribution is 7.97. The van der Waals surface area contributed by atoms with Crippen molar-refractivity contribution in [1.82, 2.24) is 19.8 Å². The monoisotopic (exact) mass is 298 g/mol. The molecule has 0 saturated carbocycles. The van der Waals surface area contributed by atoms with Crippen LogP contribution in [0.15, 0.2) is 17.0 Å². The van der Waals surface area contributed by atoms with Crippen molar-refractivity contribution < 1.29 is 4.79 Å². The quantitative estimate of drug-likeness (QED) is 0.881. The molecule has 1 aliphatic rings. The molecule has 8 heteroatoms. The van der Waals surface area contributed by atoms with Gasteiger partial charge in [0.05, 0.1) is 0 Å². The topological polar surface area (TPSA) is 58.1 Å². The molecule has 2 aromatic rings. The van der Waals surface area contributed by atoms with E-state index in [4.69, 9.17) is 0 Å². The minimum atomic E-state index is -0.150. The van der Waals surface area contributed by atoms with Crippen molar-refractivity contribution in [3.8, 4) is 10.0 Å². The predicted octanol–water partition coefficient (Wildman–Crippen LogP) is 2.27. The second kappa shape index (κ2) is 5.35. The van der Waals surface area contributed by atoms with Gasteiger partial charge in [0.15, 0.2) is 10.0 Å². The molecule has 0 radical (unpaired) electrons. The standard InChI is InChI=1S/C10H10N4OS3/c15-8(13-14-3-1-4-18-14)7-6-17-10(12-7)9-11-2-5-16-9/h2,5-6H,1,3-4H2,(H,13,15). The Morgan fingerprint density at radius 3 is 3.06 bits per heavy atom. The van der Waals surface area contributed by atoms with E-state index in [-0.39, 0.29) is 5.91 Å². The van der Waals surface area contributed by atoms with E-state index in [1.54, 1.807) is 23.5 Å². The summed E-state index contributed by atoms with van der Waals surface area (Å²) in [6.45, 7) is 0.889. The van der Waals surface area contributed by atoms with Gasteiger partial charge < -0.3 is 0 Å². The summed E-state index contributed by atoms with van der Waals surface area (Å²) in [6, 6.07) is 0. The fourth-order valence-electron chi connectivity index (χ4n) is 1.51. The van der Waals surface area contributed by atoms with Crippen LogP contribution in [-0.2, 0) is 0 Å². The van der Waals surface area contributed by atoms with E-state index in [9.17, 15) is 4.79 Å². The Morgan fingerprint density at radius 1 is 1.39 bits per heavy atom. The van der Waals surface area contributed by atoms with Gasteiger partial charge in [-0.3, -0.25) is 10.2 Å². The molecule has 1 aliphatic heterocycles.